The Bertz CT molecular complexity index is 704. The molecule has 154 valence electrons. The summed E-state index contributed by atoms with van der Waals surface area (Å²) >= 11 is 1.25. The molecule has 0 unspecified atom stereocenters. The Balaban J connectivity index is 2.38. The number of aliphatic hydroxyl groups excluding tert-OH is 1. The van der Waals surface area contributed by atoms with Crippen molar-refractivity contribution in [3.63, 3.8) is 0 Å². The number of esters is 3. The molecule has 0 radical (unpaired) electrons. The Labute approximate surface area is 167 Å². The summed E-state index contributed by atoms with van der Waals surface area (Å²) in [7, 11) is 0. The Kier molecular flexibility index (Phi) is 7.85. The molecular formula is C19H24O8S. The molecule has 8 nitrogen and oxygen atoms in total. The molecule has 1 fully saturated rings. The van der Waals surface area contributed by atoms with E-state index >= 15 is 0 Å². The number of ether oxygens (including phenoxy) is 4. The van der Waals surface area contributed by atoms with Crippen LogP contribution >= 0.6 is 11.8 Å². The number of hydrogen-bond acceptors (Lipinski definition) is 9. The van der Waals surface area contributed by atoms with Crippen LogP contribution in [0.25, 0.3) is 0 Å². The Hall–Kier alpha value is -2.10. The van der Waals surface area contributed by atoms with E-state index in [4.69, 9.17) is 18.9 Å². The van der Waals surface area contributed by atoms with E-state index in [2.05, 4.69) is 0 Å². The van der Waals surface area contributed by atoms with Gasteiger partial charge in [-0.15, -0.1) is 0 Å². The van der Waals surface area contributed by atoms with Crippen LogP contribution in [0, 0.1) is 6.92 Å². The summed E-state index contributed by atoms with van der Waals surface area (Å²) in [5.41, 5.74) is 0.284. The topological polar surface area (TPSA) is 108 Å². The molecular weight excluding hydrogens is 388 g/mol. The van der Waals surface area contributed by atoms with Gasteiger partial charge in [0.15, 0.2) is 18.3 Å². The van der Waals surface area contributed by atoms with Crippen molar-refractivity contribution < 1.29 is 38.4 Å². The highest BCUT2D eigenvalue weighted by molar-refractivity contribution is 7.99. The third-order valence-electron chi connectivity index (χ3n) is 3.95. The molecule has 0 aliphatic carbocycles. The van der Waals surface area contributed by atoms with Gasteiger partial charge in [0.2, 0.25) is 0 Å². The largest absolute Gasteiger partial charge is 0.456 e. The summed E-state index contributed by atoms with van der Waals surface area (Å²) in [4.78, 5) is 35.7. The lowest BCUT2D eigenvalue weighted by molar-refractivity contribution is -0.236. The molecule has 5 atom stereocenters. The second-order valence-corrected chi connectivity index (χ2v) is 7.55. The predicted molar refractivity (Wildman–Crippen MR) is 99.4 cm³/mol. The monoisotopic (exact) mass is 412 g/mol. The van der Waals surface area contributed by atoms with Crippen LogP contribution in [0.3, 0.4) is 0 Å². The van der Waals surface area contributed by atoms with Crippen LogP contribution in [0.2, 0.25) is 0 Å². The smallest absolute Gasteiger partial charge is 0.303 e. The average molecular weight is 412 g/mol. The lowest BCUT2D eigenvalue weighted by Crippen LogP contribution is -2.61. The third kappa shape index (κ3) is 5.95. The average Bonchev–Trinajstić information content (AvgIpc) is 2.60. The van der Waals surface area contributed by atoms with Gasteiger partial charge in [0.05, 0.1) is 6.61 Å². The highest BCUT2D eigenvalue weighted by Gasteiger charge is 2.51. The number of aryl methyl sites for hydroxylation is 1. The quantitative estimate of drug-likeness (QED) is 0.550. The molecule has 1 aliphatic rings. The molecule has 2 rings (SSSR count). The summed E-state index contributed by atoms with van der Waals surface area (Å²) in [6.07, 6.45) is -4.24. The third-order valence-corrected chi connectivity index (χ3v) is 5.11. The number of aliphatic hydroxyl groups is 1. The van der Waals surface area contributed by atoms with Gasteiger partial charge < -0.3 is 24.1 Å². The van der Waals surface area contributed by atoms with Crippen LogP contribution in [-0.2, 0) is 33.3 Å². The van der Waals surface area contributed by atoms with Crippen molar-refractivity contribution in [2.75, 3.05) is 6.61 Å². The maximum Gasteiger partial charge on any atom is 0.303 e. The second kappa shape index (κ2) is 9.90. The van der Waals surface area contributed by atoms with Gasteiger partial charge in [0.25, 0.3) is 0 Å². The highest BCUT2D eigenvalue weighted by atomic mass is 32.2. The van der Waals surface area contributed by atoms with Crippen molar-refractivity contribution in [1.29, 1.82) is 0 Å². The predicted octanol–water partition coefficient (Wildman–Crippen LogP) is 1.60. The number of thioether (sulfide) groups is 1. The van der Waals surface area contributed by atoms with E-state index in [0.717, 1.165) is 10.5 Å². The first kappa shape index (κ1) is 22.2. The van der Waals surface area contributed by atoms with E-state index in [1.807, 2.05) is 31.2 Å². The van der Waals surface area contributed by atoms with Gasteiger partial charge in [-0.05, 0) is 19.1 Å². The maximum absolute atomic E-state index is 11.7. The summed E-state index contributed by atoms with van der Waals surface area (Å²) in [5.74, 6) is -1.89. The van der Waals surface area contributed by atoms with Gasteiger partial charge in [0, 0.05) is 25.7 Å². The normalized spacial score (nSPS) is 27.0. The van der Waals surface area contributed by atoms with Crippen LogP contribution in [0.4, 0.5) is 0 Å². The molecule has 9 heteroatoms. The van der Waals surface area contributed by atoms with Gasteiger partial charge in [0.1, 0.15) is 11.5 Å². The SMILES string of the molecule is CC(=O)O[C@H]1[C@@H](OC(C)=O)[C@@H](CO)O[C@@H](Sc2ccc(C)cc2)[C@@H]1OC(C)=O. The van der Waals surface area contributed by atoms with Crippen LogP contribution in [0.15, 0.2) is 29.2 Å². The van der Waals surface area contributed by atoms with E-state index < -0.39 is 54.4 Å². The fourth-order valence-electron chi connectivity index (χ4n) is 2.85. The zero-order chi connectivity index (χ0) is 20.8. The number of hydrogen-bond donors (Lipinski definition) is 1. The van der Waals surface area contributed by atoms with E-state index in [9.17, 15) is 19.5 Å². The first-order valence-corrected chi connectivity index (χ1v) is 9.60. The molecule has 1 N–H and O–H groups in total. The molecule has 0 bridgehead atoms. The molecule has 1 heterocycles. The summed E-state index contributed by atoms with van der Waals surface area (Å²) in [6.45, 7) is 5.08. The summed E-state index contributed by atoms with van der Waals surface area (Å²) in [5, 5.41) is 9.74. The molecule has 0 spiro atoms. The van der Waals surface area contributed by atoms with Crippen molar-refractivity contribution in [2.24, 2.45) is 0 Å². The van der Waals surface area contributed by atoms with Gasteiger partial charge in [-0.1, -0.05) is 29.5 Å². The number of carbonyl (C=O) groups is 3. The molecule has 1 aromatic carbocycles. The summed E-state index contributed by atoms with van der Waals surface area (Å²) in [6, 6.07) is 7.59. The van der Waals surface area contributed by atoms with Crippen LogP contribution in [0.5, 0.6) is 0 Å². The van der Waals surface area contributed by atoms with Gasteiger partial charge >= 0.3 is 17.9 Å². The zero-order valence-electron chi connectivity index (χ0n) is 16.1. The molecule has 1 saturated heterocycles. The standard InChI is InChI=1S/C19H24O8S/c1-10-5-7-14(8-6-10)28-19-18(26-13(4)23)17(25-12(3)22)16(24-11(2)21)15(9-20)27-19/h5-8,15-20H,9H2,1-4H3/t15-,16+,17+,18-,19+/m1/s1. The van der Waals surface area contributed by atoms with Crippen molar-refractivity contribution in [3.05, 3.63) is 29.8 Å². The van der Waals surface area contributed by atoms with E-state index in [1.54, 1.807) is 0 Å². The molecule has 0 saturated carbocycles. The lowest BCUT2D eigenvalue weighted by atomic mass is 9.99. The fourth-order valence-corrected chi connectivity index (χ4v) is 3.95. The van der Waals surface area contributed by atoms with Crippen molar-refractivity contribution in [3.8, 4) is 0 Å². The van der Waals surface area contributed by atoms with Crippen molar-refractivity contribution >= 4 is 29.7 Å². The Morgan fingerprint density at radius 3 is 1.93 bits per heavy atom. The van der Waals surface area contributed by atoms with E-state index in [1.165, 1.54) is 32.5 Å². The molecule has 1 aromatic rings. The van der Waals surface area contributed by atoms with Gasteiger partial charge in [-0.25, -0.2) is 0 Å². The van der Waals surface area contributed by atoms with Crippen LogP contribution in [-0.4, -0.2) is 59.5 Å². The zero-order valence-corrected chi connectivity index (χ0v) is 16.9. The lowest BCUT2D eigenvalue weighted by Gasteiger charge is -2.43. The molecule has 0 aromatic heterocycles. The Morgan fingerprint density at radius 1 is 0.929 bits per heavy atom. The van der Waals surface area contributed by atoms with E-state index in [-0.39, 0.29) is 0 Å². The molecule has 0 amide bonds. The minimum atomic E-state index is -1.13. The number of carbonyl (C=O) groups excluding carboxylic acids is 3. The van der Waals surface area contributed by atoms with Crippen molar-refractivity contribution in [2.45, 2.75) is 62.4 Å². The Morgan fingerprint density at radius 2 is 1.43 bits per heavy atom. The number of benzene rings is 1. The molecule has 1 aliphatic heterocycles. The minimum Gasteiger partial charge on any atom is -0.456 e. The minimum absolute atomic E-state index is 0.479. The van der Waals surface area contributed by atoms with Crippen LogP contribution < -0.4 is 0 Å². The van der Waals surface area contributed by atoms with E-state index in [0.29, 0.717) is 0 Å². The number of rotatable bonds is 6. The van der Waals surface area contributed by atoms with Gasteiger partial charge in [-0.2, -0.15) is 0 Å². The summed E-state index contributed by atoms with van der Waals surface area (Å²) < 4.78 is 21.8. The van der Waals surface area contributed by atoms with Crippen molar-refractivity contribution in [1.82, 2.24) is 0 Å². The van der Waals surface area contributed by atoms with Crippen LogP contribution in [0.1, 0.15) is 26.3 Å². The highest BCUT2D eigenvalue weighted by Crippen LogP contribution is 2.37. The maximum atomic E-state index is 11.7. The fraction of sp³-hybridized carbons (Fsp3) is 0.526. The first-order chi connectivity index (χ1) is 13.2. The molecule has 28 heavy (non-hydrogen) atoms. The second-order valence-electron chi connectivity index (χ2n) is 6.38. The first-order valence-electron chi connectivity index (χ1n) is 8.72. The van der Waals surface area contributed by atoms with Gasteiger partial charge in [-0.3, -0.25) is 14.4 Å².